The van der Waals surface area contributed by atoms with E-state index in [9.17, 15) is 18.4 Å². The van der Waals surface area contributed by atoms with Gasteiger partial charge in [0.1, 0.15) is 18.4 Å². The Morgan fingerprint density at radius 2 is 2.04 bits per heavy atom. The zero-order chi connectivity index (χ0) is 18.6. The van der Waals surface area contributed by atoms with Crippen molar-refractivity contribution < 1.29 is 23.1 Å². The van der Waals surface area contributed by atoms with E-state index < -0.39 is 5.92 Å². The average molecular weight is 367 g/mol. The quantitative estimate of drug-likeness (QED) is 0.740. The van der Waals surface area contributed by atoms with Gasteiger partial charge in [0.15, 0.2) is 0 Å². The molecule has 0 bridgehead atoms. The molecule has 1 aromatic rings. The van der Waals surface area contributed by atoms with Crippen LogP contribution in [0.2, 0.25) is 0 Å². The number of rotatable bonds is 1. The first-order valence-electron chi connectivity index (χ1n) is 8.87. The number of alkyl halides is 2. The molecule has 0 saturated carbocycles. The number of halogens is 2. The normalized spacial score (nSPS) is 24.5. The molecule has 26 heavy (non-hydrogen) atoms. The van der Waals surface area contributed by atoms with Crippen molar-refractivity contribution in [3.63, 3.8) is 0 Å². The highest BCUT2D eigenvalue weighted by atomic mass is 19.3. The minimum atomic E-state index is -2.43. The molecule has 2 saturated heterocycles. The molecule has 0 aliphatic carbocycles. The predicted octanol–water partition coefficient (Wildman–Crippen LogP) is 1.70. The van der Waals surface area contributed by atoms with E-state index in [1.54, 1.807) is 0 Å². The van der Waals surface area contributed by atoms with Gasteiger partial charge in [-0.2, -0.15) is 0 Å². The zero-order valence-corrected chi connectivity index (χ0v) is 14.5. The van der Waals surface area contributed by atoms with E-state index in [1.807, 2.05) is 29.2 Å². The van der Waals surface area contributed by atoms with Crippen LogP contribution in [0, 0.1) is 0 Å². The number of hydrogen-bond donors (Lipinski definition) is 2. The van der Waals surface area contributed by atoms with Gasteiger partial charge in [0.25, 0.3) is 5.92 Å². The summed E-state index contributed by atoms with van der Waals surface area (Å²) in [6.07, 6.45) is 1.63. The summed E-state index contributed by atoms with van der Waals surface area (Å²) in [5.41, 5.74) is 0.929. The highest BCUT2D eigenvalue weighted by Crippen LogP contribution is 2.33. The summed E-state index contributed by atoms with van der Waals surface area (Å²) in [7, 11) is 0. The van der Waals surface area contributed by atoms with Crippen LogP contribution in [-0.4, -0.2) is 50.0 Å². The van der Waals surface area contributed by atoms with Crippen LogP contribution in [0.5, 0.6) is 5.75 Å². The van der Waals surface area contributed by atoms with Crippen LogP contribution >= 0.6 is 0 Å². The first-order valence-corrected chi connectivity index (χ1v) is 8.87. The van der Waals surface area contributed by atoms with E-state index in [2.05, 4.69) is 10.6 Å². The first kappa shape index (κ1) is 18.6. The number of benzene rings is 1. The maximum atomic E-state index is 12.1. The summed E-state index contributed by atoms with van der Waals surface area (Å²) >= 11 is 0. The van der Waals surface area contributed by atoms with Crippen LogP contribution < -0.4 is 20.3 Å². The molecule has 1 atom stereocenters. The third-order valence-electron chi connectivity index (χ3n) is 4.63. The van der Waals surface area contributed by atoms with Gasteiger partial charge in [0.05, 0.1) is 18.8 Å². The molecule has 3 heterocycles. The third-order valence-corrected chi connectivity index (χ3v) is 4.63. The minimum absolute atomic E-state index is 0.0556. The molecule has 6 nitrogen and oxygen atoms in total. The fraction of sp³-hybridized carbons (Fsp3) is 0.556. The molecular weight excluding hydrogens is 344 g/mol. The van der Waals surface area contributed by atoms with Crippen molar-refractivity contribution in [1.82, 2.24) is 10.6 Å². The van der Waals surface area contributed by atoms with Crippen molar-refractivity contribution in [3.8, 4) is 5.75 Å². The monoisotopic (exact) mass is 367 g/mol. The lowest BCUT2D eigenvalue weighted by Gasteiger charge is -2.38. The first-order chi connectivity index (χ1) is 12.5. The molecule has 2 N–H and O–H groups in total. The predicted molar refractivity (Wildman–Crippen MR) is 92.5 cm³/mol. The standard InChI is InChI=1S/C13H14N2O3.C5H9F2N/c16-12-6-5-10(13(17)14-12)15-7-8-18-11-4-2-1-3-9(11)15;6-5(7)2-1-3-8-4-5/h1-4,10H,5-8H2,(H,14,16,17);8H,1-4H2. The molecule has 1 aromatic carbocycles. The van der Waals surface area contributed by atoms with Gasteiger partial charge in [-0.3, -0.25) is 14.9 Å². The SMILES string of the molecule is FC1(F)CCCNC1.O=C1CCC(N2CCOc3ccccc32)C(=O)N1. The largest absolute Gasteiger partial charge is 0.490 e. The average Bonchev–Trinajstić information content (AvgIpc) is 2.62. The molecule has 0 radical (unpaired) electrons. The topological polar surface area (TPSA) is 70.7 Å². The van der Waals surface area contributed by atoms with Crippen molar-refractivity contribution in [2.75, 3.05) is 31.1 Å². The molecule has 8 heteroatoms. The van der Waals surface area contributed by atoms with Gasteiger partial charge in [0.2, 0.25) is 11.8 Å². The molecule has 2 amide bonds. The highest BCUT2D eigenvalue weighted by Gasteiger charge is 2.34. The van der Waals surface area contributed by atoms with E-state index >= 15 is 0 Å². The number of amides is 2. The minimum Gasteiger partial charge on any atom is -0.490 e. The summed E-state index contributed by atoms with van der Waals surface area (Å²) in [5, 5.41) is 5.02. The van der Waals surface area contributed by atoms with Crippen LogP contribution in [0.25, 0.3) is 0 Å². The lowest BCUT2D eigenvalue weighted by molar-refractivity contribution is -0.134. The maximum absolute atomic E-state index is 12.1. The number of imide groups is 1. The Labute approximate surface area is 150 Å². The van der Waals surface area contributed by atoms with Crippen LogP contribution in [0.1, 0.15) is 25.7 Å². The van der Waals surface area contributed by atoms with Crippen molar-refractivity contribution >= 4 is 17.5 Å². The Morgan fingerprint density at radius 3 is 2.69 bits per heavy atom. The highest BCUT2D eigenvalue weighted by molar-refractivity contribution is 6.01. The maximum Gasteiger partial charge on any atom is 0.260 e. The van der Waals surface area contributed by atoms with E-state index in [-0.39, 0.29) is 30.8 Å². The second kappa shape index (κ2) is 7.99. The molecule has 3 aliphatic heterocycles. The van der Waals surface area contributed by atoms with Crippen LogP contribution in [-0.2, 0) is 9.59 Å². The number of piperidine rings is 2. The van der Waals surface area contributed by atoms with Gasteiger partial charge in [0, 0.05) is 12.8 Å². The van der Waals surface area contributed by atoms with E-state index in [4.69, 9.17) is 4.74 Å². The number of hydrogen-bond acceptors (Lipinski definition) is 5. The molecule has 2 fully saturated rings. The number of ether oxygens (including phenoxy) is 1. The second-order valence-electron chi connectivity index (χ2n) is 6.61. The Bertz CT molecular complexity index is 661. The third kappa shape index (κ3) is 4.49. The second-order valence-corrected chi connectivity index (χ2v) is 6.61. The smallest absolute Gasteiger partial charge is 0.260 e. The van der Waals surface area contributed by atoms with Crippen molar-refractivity contribution in [2.24, 2.45) is 0 Å². The van der Waals surface area contributed by atoms with Gasteiger partial charge in [-0.15, -0.1) is 0 Å². The van der Waals surface area contributed by atoms with Gasteiger partial charge in [-0.05, 0) is 31.5 Å². The van der Waals surface area contributed by atoms with Crippen LogP contribution in [0.3, 0.4) is 0 Å². The molecule has 142 valence electrons. The van der Waals surface area contributed by atoms with E-state index in [0.29, 0.717) is 32.4 Å². The molecule has 0 spiro atoms. The summed E-state index contributed by atoms with van der Waals surface area (Å²) < 4.78 is 29.8. The fourth-order valence-corrected chi connectivity index (χ4v) is 3.33. The Hall–Kier alpha value is -2.22. The van der Waals surface area contributed by atoms with Crippen LogP contribution in [0.4, 0.5) is 14.5 Å². The van der Waals surface area contributed by atoms with Gasteiger partial charge >= 0.3 is 0 Å². The fourth-order valence-electron chi connectivity index (χ4n) is 3.33. The Kier molecular flexibility index (Phi) is 5.70. The van der Waals surface area contributed by atoms with Crippen molar-refractivity contribution in [3.05, 3.63) is 24.3 Å². The summed E-state index contributed by atoms with van der Waals surface area (Å²) in [6, 6.07) is 7.40. The lowest BCUT2D eigenvalue weighted by atomic mass is 10.0. The molecular formula is C18H23F2N3O3. The molecule has 1 unspecified atom stereocenters. The molecule has 3 aliphatic rings. The van der Waals surface area contributed by atoms with Crippen LogP contribution in [0.15, 0.2) is 24.3 Å². The number of para-hydroxylation sites is 2. The van der Waals surface area contributed by atoms with Crippen molar-refractivity contribution in [2.45, 2.75) is 37.6 Å². The molecule has 0 aromatic heterocycles. The number of nitrogens with one attached hydrogen (secondary N) is 2. The Balaban J connectivity index is 0.000000206. The number of nitrogens with zero attached hydrogens (tertiary/aromatic N) is 1. The van der Waals surface area contributed by atoms with Gasteiger partial charge < -0.3 is 15.0 Å². The summed E-state index contributed by atoms with van der Waals surface area (Å²) in [4.78, 5) is 25.1. The number of fused-ring (bicyclic) bond motifs is 1. The Morgan fingerprint density at radius 1 is 1.23 bits per heavy atom. The number of carbonyl (C=O) groups is 2. The van der Waals surface area contributed by atoms with Crippen molar-refractivity contribution in [1.29, 1.82) is 0 Å². The van der Waals surface area contributed by atoms with E-state index in [1.165, 1.54) is 0 Å². The molecule has 4 rings (SSSR count). The number of anilines is 1. The van der Waals surface area contributed by atoms with Gasteiger partial charge in [-0.25, -0.2) is 8.78 Å². The van der Waals surface area contributed by atoms with Gasteiger partial charge in [-0.1, -0.05) is 12.1 Å². The summed E-state index contributed by atoms with van der Waals surface area (Å²) in [6.45, 7) is 1.85. The van der Waals surface area contributed by atoms with E-state index in [0.717, 1.165) is 18.0 Å². The number of carbonyl (C=O) groups excluding carboxylic acids is 2. The zero-order valence-electron chi connectivity index (χ0n) is 14.5. The lowest BCUT2D eigenvalue weighted by Crippen LogP contribution is -2.54. The summed E-state index contributed by atoms with van der Waals surface area (Å²) in [5.74, 6) is -2.02.